The summed E-state index contributed by atoms with van der Waals surface area (Å²) >= 11 is 3.30. The highest BCUT2D eigenvalue weighted by Gasteiger charge is 2.22. The van der Waals surface area contributed by atoms with Gasteiger partial charge in [0, 0.05) is 43.3 Å². The number of benzene rings is 2. The van der Waals surface area contributed by atoms with Crippen LogP contribution >= 0.6 is 35.5 Å². The molecule has 0 spiro atoms. The molecule has 31 heavy (non-hydrogen) atoms. The summed E-state index contributed by atoms with van der Waals surface area (Å²) in [6, 6.07) is 14.1. The average molecular weight is 479 g/mol. The van der Waals surface area contributed by atoms with Gasteiger partial charge in [0.1, 0.15) is 0 Å². The zero-order valence-electron chi connectivity index (χ0n) is 18.8. The Kier molecular flexibility index (Phi) is 9.62. The van der Waals surface area contributed by atoms with Gasteiger partial charge >= 0.3 is 0 Å². The second kappa shape index (κ2) is 11.7. The van der Waals surface area contributed by atoms with Crippen LogP contribution in [-0.2, 0) is 0 Å². The molecule has 3 aromatic rings. The molecule has 0 aliphatic carbocycles. The van der Waals surface area contributed by atoms with Crippen molar-refractivity contribution in [2.24, 2.45) is 0 Å². The van der Waals surface area contributed by atoms with E-state index in [4.69, 9.17) is 4.98 Å². The summed E-state index contributed by atoms with van der Waals surface area (Å²) in [7, 11) is 3.99. The van der Waals surface area contributed by atoms with Gasteiger partial charge in [0.25, 0.3) is 5.91 Å². The molecule has 0 radical (unpaired) electrons. The summed E-state index contributed by atoms with van der Waals surface area (Å²) in [5.41, 5.74) is 2.70. The molecule has 0 aliphatic heterocycles. The molecule has 1 amide bonds. The van der Waals surface area contributed by atoms with Gasteiger partial charge in [-0.3, -0.25) is 9.69 Å². The lowest BCUT2D eigenvalue weighted by Gasteiger charge is -2.25. The molecule has 1 aromatic heterocycles. The number of halogens is 1. The van der Waals surface area contributed by atoms with Crippen LogP contribution < -0.4 is 9.80 Å². The molecule has 2 aromatic carbocycles. The van der Waals surface area contributed by atoms with Crippen LogP contribution in [-0.4, -0.2) is 62.3 Å². The van der Waals surface area contributed by atoms with Crippen LogP contribution in [0.25, 0.3) is 10.2 Å². The van der Waals surface area contributed by atoms with E-state index in [1.165, 1.54) is 4.90 Å². The minimum absolute atomic E-state index is 0. The first-order valence-electron chi connectivity index (χ1n) is 10.2. The highest BCUT2D eigenvalue weighted by Crippen LogP contribution is 2.32. The third-order valence-corrected chi connectivity index (χ3v) is 6.99. The fraction of sp³-hybridized carbons (Fsp3) is 0.391. The van der Waals surface area contributed by atoms with Crippen LogP contribution in [0.1, 0.15) is 24.2 Å². The van der Waals surface area contributed by atoms with E-state index in [0.29, 0.717) is 12.1 Å². The third-order valence-electron chi connectivity index (χ3n) is 5.23. The number of amides is 1. The molecule has 1 heterocycles. The fourth-order valence-corrected chi connectivity index (χ4v) is 4.80. The van der Waals surface area contributed by atoms with E-state index < -0.39 is 0 Å². The molecule has 3 rings (SSSR count). The summed E-state index contributed by atoms with van der Waals surface area (Å²) in [6.45, 7) is 7.67. The van der Waals surface area contributed by atoms with Gasteiger partial charge < -0.3 is 9.80 Å². The maximum atomic E-state index is 13.5. The molecule has 0 fully saturated rings. The standard InChI is InChI=1S/C23H30N4OS2.ClH/c1-6-26(7-2)14-15-27(22(28)17-8-10-18(11-9-17)25(3)4)23-24-20-13-12-19(29-5)16-21(20)30-23;/h8-13,16H,6-7,14-15H2,1-5H3;1H. The van der Waals surface area contributed by atoms with Gasteiger partial charge in [0.2, 0.25) is 0 Å². The van der Waals surface area contributed by atoms with E-state index in [0.717, 1.165) is 40.7 Å². The highest BCUT2D eigenvalue weighted by molar-refractivity contribution is 7.98. The number of rotatable bonds is 9. The Labute approximate surface area is 199 Å². The number of fused-ring (bicyclic) bond motifs is 1. The molecule has 0 atom stereocenters. The lowest BCUT2D eigenvalue weighted by Crippen LogP contribution is -2.38. The molecular formula is C23H31ClN4OS2. The fourth-order valence-electron chi connectivity index (χ4n) is 3.26. The highest BCUT2D eigenvalue weighted by atomic mass is 35.5. The van der Waals surface area contributed by atoms with Gasteiger partial charge in [-0.05, 0) is 61.8 Å². The number of hydrogen-bond acceptors (Lipinski definition) is 6. The van der Waals surface area contributed by atoms with Crippen LogP contribution in [0.5, 0.6) is 0 Å². The van der Waals surface area contributed by atoms with Crippen molar-refractivity contribution in [3.63, 3.8) is 0 Å². The number of nitrogens with zero attached hydrogens (tertiary/aromatic N) is 4. The topological polar surface area (TPSA) is 39.7 Å². The number of likely N-dealkylation sites (N-methyl/N-ethyl adjacent to an activating group) is 1. The molecule has 0 unspecified atom stereocenters. The van der Waals surface area contributed by atoms with Crippen LogP contribution in [0.2, 0.25) is 0 Å². The summed E-state index contributed by atoms with van der Waals surface area (Å²) in [6.07, 6.45) is 2.07. The normalized spacial score (nSPS) is 10.9. The molecule has 5 nitrogen and oxygen atoms in total. The number of carbonyl (C=O) groups excluding carboxylic acids is 1. The van der Waals surface area contributed by atoms with Crippen molar-refractivity contribution in [1.82, 2.24) is 9.88 Å². The quantitative estimate of drug-likeness (QED) is 0.380. The molecule has 0 saturated heterocycles. The van der Waals surface area contributed by atoms with Crippen molar-refractivity contribution in [2.75, 3.05) is 56.3 Å². The van der Waals surface area contributed by atoms with Crippen molar-refractivity contribution < 1.29 is 4.79 Å². The molecule has 0 bridgehead atoms. The number of thioether (sulfide) groups is 1. The first-order valence-corrected chi connectivity index (χ1v) is 12.3. The predicted octanol–water partition coefficient (Wildman–Crippen LogP) is 5.49. The monoisotopic (exact) mass is 478 g/mol. The van der Waals surface area contributed by atoms with Gasteiger partial charge in [0.05, 0.1) is 10.2 Å². The predicted molar refractivity (Wildman–Crippen MR) is 139 cm³/mol. The van der Waals surface area contributed by atoms with Crippen molar-refractivity contribution in [1.29, 1.82) is 0 Å². The second-order valence-electron chi connectivity index (χ2n) is 7.26. The van der Waals surface area contributed by atoms with E-state index in [2.05, 4.69) is 37.1 Å². The van der Waals surface area contributed by atoms with E-state index >= 15 is 0 Å². The second-order valence-corrected chi connectivity index (χ2v) is 9.14. The van der Waals surface area contributed by atoms with Crippen molar-refractivity contribution in [3.05, 3.63) is 48.0 Å². The molecule has 0 N–H and O–H groups in total. The zero-order valence-corrected chi connectivity index (χ0v) is 21.2. The average Bonchev–Trinajstić information content (AvgIpc) is 3.19. The zero-order chi connectivity index (χ0) is 21.7. The van der Waals surface area contributed by atoms with E-state index in [1.807, 2.05) is 54.2 Å². The van der Waals surface area contributed by atoms with Crippen molar-refractivity contribution in [2.45, 2.75) is 18.7 Å². The third kappa shape index (κ3) is 6.13. The lowest BCUT2D eigenvalue weighted by molar-refractivity contribution is 0.0984. The molecular weight excluding hydrogens is 448 g/mol. The smallest absolute Gasteiger partial charge is 0.260 e. The maximum Gasteiger partial charge on any atom is 0.260 e. The van der Waals surface area contributed by atoms with Crippen LogP contribution in [0.4, 0.5) is 10.8 Å². The van der Waals surface area contributed by atoms with Crippen molar-refractivity contribution >= 4 is 62.4 Å². The SMILES string of the molecule is CCN(CC)CCN(C(=O)c1ccc(N(C)C)cc1)c1nc2ccc(SC)cc2s1.Cl. The Balaban J connectivity index is 0.00000341. The molecule has 0 saturated carbocycles. The van der Waals surface area contributed by atoms with Gasteiger partial charge in [-0.25, -0.2) is 4.98 Å². The number of aromatic nitrogens is 1. The van der Waals surface area contributed by atoms with Crippen molar-refractivity contribution in [3.8, 4) is 0 Å². The van der Waals surface area contributed by atoms with Crippen LogP contribution in [0.15, 0.2) is 47.4 Å². The Hall–Kier alpha value is -1.80. The van der Waals surface area contributed by atoms with Gasteiger partial charge in [-0.2, -0.15) is 0 Å². The van der Waals surface area contributed by atoms with Gasteiger partial charge in [-0.1, -0.05) is 25.2 Å². The van der Waals surface area contributed by atoms with Gasteiger partial charge in [0.15, 0.2) is 5.13 Å². The Morgan fingerprint density at radius 1 is 1.03 bits per heavy atom. The van der Waals surface area contributed by atoms with Crippen LogP contribution in [0.3, 0.4) is 0 Å². The van der Waals surface area contributed by atoms with E-state index in [1.54, 1.807) is 23.1 Å². The van der Waals surface area contributed by atoms with Crippen LogP contribution in [0, 0.1) is 0 Å². The number of hydrogen-bond donors (Lipinski definition) is 0. The molecule has 0 aliphatic rings. The molecule has 8 heteroatoms. The number of thiazole rings is 1. The summed E-state index contributed by atoms with van der Waals surface area (Å²) in [4.78, 5) is 25.7. The van der Waals surface area contributed by atoms with Gasteiger partial charge in [-0.15, -0.1) is 24.2 Å². The Bertz CT molecular complexity index is 987. The Morgan fingerprint density at radius 3 is 2.29 bits per heavy atom. The Morgan fingerprint density at radius 2 is 1.71 bits per heavy atom. The summed E-state index contributed by atoms with van der Waals surface area (Å²) in [5, 5.41) is 0.761. The molecule has 168 valence electrons. The number of carbonyl (C=O) groups is 1. The largest absolute Gasteiger partial charge is 0.378 e. The van der Waals surface area contributed by atoms with E-state index in [-0.39, 0.29) is 18.3 Å². The minimum atomic E-state index is -0.00314. The maximum absolute atomic E-state index is 13.5. The minimum Gasteiger partial charge on any atom is -0.378 e. The number of anilines is 2. The first-order chi connectivity index (χ1) is 14.5. The lowest BCUT2D eigenvalue weighted by atomic mass is 10.1. The van der Waals surface area contributed by atoms with E-state index in [9.17, 15) is 4.79 Å². The summed E-state index contributed by atoms with van der Waals surface area (Å²) < 4.78 is 1.11. The summed E-state index contributed by atoms with van der Waals surface area (Å²) in [5.74, 6) is -0.00314. The first kappa shape index (κ1) is 25.5.